The van der Waals surface area contributed by atoms with Crippen molar-refractivity contribution in [3.8, 4) is 0 Å². The van der Waals surface area contributed by atoms with E-state index in [1.54, 1.807) is 13.0 Å². The van der Waals surface area contributed by atoms with Gasteiger partial charge in [-0.05, 0) is 30.7 Å². The third-order valence-electron chi connectivity index (χ3n) is 3.55. The second-order valence-corrected chi connectivity index (χ2v) is 4.79. The molecule has 1 aliphatic rings. The molecule has 2 rings (SSSR count). The van der Waals surface area contributed by atoms with Gasteiger partial charge in [0, 0.05) is 32.7 Å². The highest BCUT2D eigenvalue weighted by Crippen LogP contribution is 2.12. The molecule has 0 N–H and O–H groups in total. The van der Waals surface area contributed by atoms with Crippen LogP contribution in [0.2, 0.25) is 0 Å². The molecule has 0 amide bonds. The largest absolute Gasteiger partial charge is 0.301 e. The Balaban J connectivity index is 1.91. The van der Waals surface area contributed by atoms with Gasteiger partial charge < -0.3 is 4.90 Å². The Morgan fingerprint density at radius 1 is 1.12 bits per heavy atom. The van der Waals surface area contributed by atoms with Gasteiger partial charge in [-0.1, -0.05) is 19.1 Å². The van der Waals surface area contributed by atoms with E-state index in [-0.39, 0.29) is 5.82 Å². The average molecular weight is 236 g/mol. The van der Waals surface area contributed by atoms with Crippen LogP contribution in [0, 0.1) is 12.7 Å². The molecule has 0 spiro atoms. The average Bonchev–Trinajstić information content (AvgIpc) is 2.35. The maximum atomic E-state index is 13.4. The first-order chi connectivity index (χ1) is 8.19. The number of aryl methyl sites for hydroxylation is 1. The Kier molecular flexibility index (Phi) is 4.13. The standard InChI is InChI=1S/C14H21FN2/c1-3-16-6-8-17(9-7-16)11-13-5-4-12(2)14(15)10-13/h4-5,10H,3,6-9,11H2,1-2H3. The van der Waals surface area contributed by atoms with Gasteiger partial charge in [0.1, 0.15) is 5.82 Å². The first kappa shape index (κ1) is 12.5. The predicted molar refractivity (Wildman–Crippen MR) is 68.5 cm³/mol. The molecular weight excluding hydrogens is 215 g/mol. The van der Waals surface area contributed by atoms with E-state index in [1.165, 1.54) is 0 Å². The van der Waals surface area contributed by atoms with E-state index in [0.717, 1.165) is 50.4 Å². The van der Waals surface area contributed by atoms with Crippen molar-refractivity contribution in [1.29, 1.82) is 0 Å². The SMILES string of the molecule is CCN1CCN(Cc2ccc(C)c(F)c2)CC1. The molecule has 94 valence electrons. The van der Waals surface area contributed by atoms with E-state index in [2.05, 4.69) is 16.7 Å². The fourth-order valence-electron chi connectivity index (χ4n) is 2.26. The lowest BCUT2D eigenvalue weighted by Gasteiger charge is -2.34. The minimum atomic E-state index is -0.0882. The third kappa shape index (κ3) is 3.27. The Morgan fingerprint density at radius 3 is 2.35 bits per heavy atom. The van der Waals surface area contributed by atoms with Crippen LogP contribution < -0.4 is 0 Å². The van der Waals surface area contributed by atoms with Gasteiger partial charge >= 0.3 is 0 Å². The maximum Gasteiger partial charge on any atom is 0.126 e. The van der Waals surface area contributed by atoms with Crippen LogP contribution in [-0.4, -0.2) is 42.5 Å². The highest BCUT2D eigenvalue weighted by molar-refractivity contribution is 5.23. The quantitative estimate of drug-likeness (QED) is 0.794. The minimum absolute atomic E-state index is 0.0882. The van der Waals surface area contributed by atoms with Crippen LogP contribution in [0.1, 0.15) is 18.1 Å². The summed E-state index contributed by atoms with van der Waals surface area (Å²) in [7, 11) is 0. The van der Waals surface area contributed by atoms with Crippen LogP contribution in [0.5, 0.6) is 0 Å². The normalized spacial score (nSPS) is 18.5. The summed E-state index contributed by atoms with van der Waals surface area (Å²) in [5.74, 6) is -0.0882. The number of hydrogen-bond donors (Lipinski definition) is 0. The molecule has 0 aromatic heterocycles. The van der Waals surface area contributed by atoms with Gasteiger partial charge in [-0.25, -0.2) is 4.39 Å². The summed E-state index contributed by atoms with van der Waals surface area (Å²) in [5.41, 5.74) is 1.81. The van der Waals surface area contributed by atoms with Crippen molar-refractivity contribution >= 4 is 0 Å². The van der Waals surface area contributed by atoms with Crippen LogP contribution in [0.3, 0.4) is 0 Å². The van der Waals surface area contributed by atoms with Crippen molar-refractivity contribution in [3.05, 3.63) is 35.1 Å². The lowest BCUT2D eigenvalue weighted by Crippen LogP contribution is -2.45. The van der Waals surface area contributed by atoms with E-state index in [9.17, 15) is 4.39 Å². The fourth-order valence-corrected chi connectivity index (χ4v) is 2.26. The number of halogens is 1. The Morgan fingerprint density at radius 2 is 1.76 bits per heavy atom. The summed E-state index contributed by atoms with van der Waals surface area (Å²) >= 11 is 0. The molecule has 0 atom stereocenters. The molecule has 0 saturated carbocycles. The Hall–Kier alpha value is -0.930. The van der Waals surface area contributed by atoms with Gasteiger partial charge in [0.2, 0.25) is 0 Å². The van der Waals surface area contributed by atoms with Crippen molar-refractivity contribution < 1.29 is 4.39 Å². The molecule has 1 fully saturated rings. The maximum absolute atomic E-state index is 13.4. The Bertz CT molecular complexity index is 370. The van der Waals surface area contributed by atoms with Crippen LogP contribution in [0.25, 0.3) is 0 Å². The fraction of sp³-hybridized carbons (Fsp3) is 0.571. The lowest BCUT2D eigenvalue weighted by molar-refractivity contribution is 0.132. The molecule has 0 radical (unpaired) electrons. The molecule has 1 aromatic carbocycles. The summed E-state index contributed by atoms with van der Waals surface area (Å²) in [4.78, 5) is 4.85. The highest BCUT2D eigenvalue weighted by Gasteiger charge is 2.15. The number of piperazine rings is 1. The topological polar surface area (TPSA) is 6.48 Å². The number of benzene rings is 1. The highest BCUT2D eigenvalue weighted by atomic mass is 19.1. The van der Waals surface area contributed by atoms with Crippen molar-refractivity contribution in [1.82, 2.24) is 9.80 Å². The monoisotopic (exact) mass is 236 g/mol. The van der Waals surface area contributed by atoms with Gasteiger partial charge in [-0.15, -0.1) is 0 Å². The van der Waals surface area contributed by atoms with E-state index in [0.29, 0.717) is 0 Å². The summed E-state index contributed by atoms with van der Waals surface area (Å²) in [6, 6.07) is 5.57. The van der Waals surface area contributed by atoms with Crippen molar-refractivity contribution in [2.75, 3.05) is 32.7 Å². The first-order valence-corrected chi connectivity index (χ1v) is 6.39. The van der Waals surface area contributed by atoms with Gasteiger partial charge in [0.15, 0.2) is 0 Å². The molecular formula is C14H21FN2. The zero-order valence-electron chi connectivity index (χ0n) is 10.7. The molecule has 2 nitrogen and oxygen atoms in total. The van der Waals surface area contributed by atoms with E-state index in [1.807, 2.05) is 12.1 Å². The minimum Gasteiger partial charge on any atom is -0.301 e. The summed E-state index contributed by atoms with van der Waals surface area (Å²) in [5, 5.41) is 0. The summed E-state index contributed by atoms with van der Waals surface area (Å²) < 4.78 is 13.4. The first-order valence-electron chi connectivity index (χ1n) is 6.39. The number of likely N-dealkylation sites (N-methyl/N-ethyl adjacent to an activating group) is 1. The molecule has 0 unspecified atom stereocenters. The molecule has 1 heterocycles. The number of hydrogen-bond acceptors (Lipinski definition) is 2. The summed E-state index contributed by atoms with van der Waals surface area (Å²) in [6.45, 7) is 10.4. The molecule has 1 aromatic rings. The second kappa shape index (κ2) is 5.61. The van der Waals surface area contributed by atoms with E-state index >= 15 is 0 Å². The third-order valence-corrected chi connectivity index (χ3v) is 3.55. The van der Waals surface area contributed by atoms with E-state index in [4.69, 9.17) is 0 Å². The number of rotatable bonds is 3. The van der Waals surface area contributed by atoms with Crippen LogP contribution in [-0.2, 0) is 6.54 Å². The van der Waals surface area contributed by atoms with Gasteiger partial charge in [0.25, 0.3) is 0 Å². The second-order valence-electron chi connectivity index (χ2n) is 4.79. The van der Waals surface area contributed by atoms with Gasteiger partial charge in [-0.3, -0.25) is 4.90 Å². The number of nitrogens with zero attached hydrogens (tertiary/aromatic N) is 2. The van der Waals surface area contributed by atoms with E-state index < -0.39 is 0 Å². The molecule has 0 bridgehead atoms. The van der Waals surface area contributed by atoms with Crippen LogP contribution >= 0.6 is 0 Å². The lowest BCUT2D eigenvalue weighted by atomic mass is 10.1. The Labute approximate surface area is 103 Å². The zero-order chi connectivity index (χ0) is 12.3. The van der Waals surface area contributed by atoms with Gasteiger partial charge in [-0.2, -0.15) is 0 Å². The van der Waals surface area contributed by atoms with Crippen molar-refractivity contribution in [3.63, 3.8) is 0 Å². The zero-order valence-corrected chi connectivity index (χ0v) is 10.7. The van der Waals surface area contributed by atoms with Crippen molar-refractivity contribution in [2.45, 2.75) is 20.4 Å². The molecule has 3 heteroatoms. The molecule has 1 aliphatic heterocycles. The molecule has 0 aliphatic carbocycles. The van der Waals surface area contributed by atoms with Crippen LogP contribution in [0.15, 0.2) is 18.2 Å². The predicted octanol–water partition coefficient (Wildman–Crippen LogP) is 2.27. The van der Waals surface area contributed by atoms with Gasteiger partial charge in [0.05, 0.1) is 0 Å². The summed E-state index contributed by atoms with van der Waals surface area (Å²) in [6.07, 6.45) is 0. The van der Waals surface area contributed by atoms with Crippen molar-refractivity contribution in [2.24, 2.45) is 0 Å². The van der Waals surface area contributed by atoms with Crippen LogP contribution in [0.4, 0.5) is 4.39 Å². The molecule has 17 heavy (non-hydrogen) atoms. The molecule has 1 saturated heterocycles. The smallest absolute Gasteiger partial charge is 0.126 e.